The fraction of sp³-hybridized carbons (Fsp3) is 0.846. The van der Waals surface area contributed by atoms with Crippen LogP contribution in [0.3, 0.4) is 0 Å². The summed E-state index contributed by atoms with van der Waals surface area (Å²) in [6.45, 7) is 5.20. The molecule has 0 amide bonds. The monoisotopic (exact) mass is 238 g/mol. The number of fused-ring (bicyclic) bond motifs is 1. The van der Waals surface area contributed by atoms with Crippen LogP contribution in [0.5, 0.6) is 0 Å². The molecular formula is C13H22N2O2. The van der Waals surface area contributed by atoms with E-state index in [0.29, 0.717) is 18.0 Å². The van der Waals surface area contributed by atoms with Crippen LogP contribution in [0, 0.1) is 11.8 Å². The number of ether oxygens (including phenoxy) is 1. The Morgan fingerprint density at radius 1 is 1.53 bits per heavy atom. The summed E-state index contributed by atoms with van der Waals surface area (Å²) in [7, 11) is 1.47. The Balaban J connectivity index is 2.02. The van der Waals surface area contributed by atoms with E-state index in [2.05, 4.69) is 19.2 Å². The first kappa shape index (κ1) is 12.6. The molecule has 0 aromatic carbocycles. The number of hydrogen-bond acceptors (Lipinski definition) is 4. The molecule has 1 N–H and O–H groups in total. The Morgan fingerprint density at radius 2 is 2.29 bits per heavy atom. The highest BCUT2D eigenvalue weighted by molar-refractivity contribution is 5.89. The Hall–Kier alpha value is -0.900. The van der Waals surface area contributed by atoms with Crippen LogP contribution in [0.4, 0.5) is 0 Å². The van der Waals surface area contributed by atoms with Crippen molar-refractivity contribution in [2.45, 2.75) is 45.2 Å². The van der Waals surface area contributed by atoms with Gasteiger partial charge in [0.1, 0.15) is 0 Å². The lowest BCUT2D eigenvalue weighted by Gasteiger charge is -2.32. The van der Waals surface area contributed by atoms with Crippen molar-refractivity contribution >= 4 is 11.7 Å². The molecule has 4 nitrogen and oxygen atoms in total. The van der Waals surface area contributed by atoms with Crippen LogP contribution >= 0.6 is 0 Å². The summed E-state index contributed by atoms with van der Waals surface area (Å²) in [5.74, 6) is 0.567. The van der Waals surface area contributed by atoms with Crippen LogP contribution in [0.2, 0.25) is 0 Å². The molecule has 0 unspecified atom stereocenters. The number of carbonyl (C=O) groups excluding carboxylic acids is 1. The maximum absolute atomic E-state index is 11.6. The first-order chi connectivity index (χ1) is 8.17. The summed E-state index contributed by atoms with van der Waals surface area (Å²) in [5.41, 5.74) is 1.20. The van der Waals surface area contributed by atoms with Gasteiger partial charge in [-0.3, -0.25) is 9.79 Å². The minimum Gasteiger partial charge on any atom is -0.469 e. The number of esters is 1. The summed E-state index contributed by atoms with van der Waals surface area (Å²) < 4.78 is 4.84. The van der Waals surface area contributed by atoms with Gasteiger partial charge in [-0.25, -0.2) is 0 Å². The molecule has 2 aliphatic rings. The van der Waals surface area contributed by atoms with Crippen LogP contribution in [-0.4, -0.2) is 37.4 Å². The third-order valence-corrected chi connectivity index (χ3v) is 4.07. The fourth-order valence-electron chi connectivity index (χ4n) is 3.26. The van der Waals surface area contributed by atoms with Crippen LogP contribution in [-0.2, 0) is 9.53 Å². The number of hydrogen-bond donors (Lipinski definition) is 1. The van der Waals surface area contributed by atoms with E-state index in [0.717, 1.165) is 25.8 Å². The lowest BCUT2D eigenvalue weighted by Crippen LogP contribution is -2.43. The van der Waals surface area contributed by atoms with E-state index in [4.69, 9.17) is 9.73 Å². The minimum absolute atomic E-state index is 0.0539. The topological polar surface area (TPSA) is 50.7 Å². The maximum atomic E-state index is 11.6. The van der Waals surface area contributed by atoms with Gasteiger partial charge in [-0.2, -0.15) is 0 Å². The summed E-state index contributed by atoms with van der Waals surface area (Å²) in [6, 6.07) is 0.737. The quantitative estimate of drug-likeness (QED) is 0.756. The van der Waals surface area contributed by atoms with Crippen molar-refractivity contribution < 1.29 is 9.53 Å². The highest BCUT2D eigenvalue weighted by Gasteiger charge is 2.42. The van der Waals surface area contributed by atoms with Crippen molar-refractivity contribution in [3.05, 3.63) is 0 Å². The van der Waals surface area contributed by atoms with Crippen molar-refractivity contribution in [2.24, 2.45) is 16.8 Å². The zero-order valence-electron chi connectivity index (χ0n) is 10.9. The van der Waals surface area contributed by atoms with Gasteiger partial charge in [0.15, 0.2) is 0 Å². The first-order valence-electron chi connectivity index (χ1n) is 6.52. The van der Waals surface area contributed by atoms with Gasteiger partial charge in [-0.15, -0.1) is 0 Å². The van der Waals surface area contributed by atoms with Gasteiger partial charge < -0.3 is 10.1 Å². The number of nitrogens with zero attached hydrogens (tertiary/aromatic N) is 1. The summed E-state index contributed by atoms with van der Waals surface area (Å²) in [5, 5.41) is 3.50. The summed E-state index contributed by atoms with van der Waals surface area (Å²) in [6.07, 6.45) is 2.87. The highest BCUT2D eigenvalue weighted by atomic mass is 16.5. The van der Waals surface area contributed by atoms with E-state index in [1.807, 2.05) is 0 Å². The molecule has 17 heavy (non-hydrogen) atoms. The molecule has 96 valence electrons. The van der Waals surface area contributed by atoms with E-state index in [9.17, 15) is 4.79 Å². The standard InChI is InChI=1S/C13H22N2O2/c1-4-14-12-8(2)15-11-7-9(13(16)17-3)5-6-10(11)12/h9-12,14H,4-7H2,1-3H3/t9-,10+,11-,12+/m0/s1. The molecule has 1 saturated carbocycles. The smallest absolute Gasteiger partial charge is 0.308 e. The van der Waals surface area contributed by atoms with E-state index in [-0.39, 0.29) is 11.9 Å². The fourth-order valence-corrected chi connectivity index (χ4v) is 3.26. The molecule has 0 bridgehead atoms. The molecule has 0 saturated heterocycles. The number of nitrogens with one attached hydrogen (secondary N) is 1. The van der Waals surface area contributed by atoms with E-state index < -0.39 is 0 Å². The van der Waals surface area contributed by atoms with Gasteiger partial charge >= 0.3 is 5.97 Å². The van der Waals surface area contributed by atoms with Crippen molar-refractivity contribution in [1.29, 1.82) is 0 Å². The molecule has 0 spiro atoms. The predicted molar refractivity (Wildman–Crippen MR) is 67.2 cm³/mol. The van der Waals surface area contributed by atoms with E-state index >= 15 is 0 Å². The zero-order valence-corrected chi connectivity index (χ0v) is 10.9. The molecule has 2 rings (SSSR count). The van der Waals surface area contributed by atoms with E-state index in [1.54, 1.807) is 0 Å². The number of rotatable bonds is 3. The van der Waals surface area contributed by atoms with Crippen LogP contribution in [0.25, 0.3) is 0 Å². The molecule has 1 heterocycles. The highest BCUT2D eigenvalue weighted by Crippen LogP contribution is 2.37. The average molecular weight is 238 g/mol. The minimum atomic E-state index is -0.0665. The van der Waals surface area contributed by atoms with Gasteiger partial charge in [-0.1, -0.05) is 6.92 Å². The molecule has 1 aliphatic heterocycles. The largest absolute Gasteiger partial charge is 0.469 e. The van der Waals surface area contributed by atoms with Crippen molar-refractivity contribution in [3.63, 3.8) is 0 Å². The van der Waals surface area contributed by atoms with Crippen molar-refractivity contribution in [2.75, 3.05) is 13.7 Å². The number of carbonyl (C=O) groups is 1. The summed E-state index contributed by atoms with van der Waals surface area (Å²) in [4.78, 5) is 16.3. The lowest BCUT2D eigenvalue weighted by molar-refractivity contribution is -0.147. The molecule has 0 radical (unpaired) electrons. The second kappa shape index (κ2) is 5.17. The van der Waals surface area contributed by atoms with Crippen molar-refractivity contribution in [3.8, 4) is 0 Å². The zero-order chi connectivity index (χ0) is 12.4. The molecular weight excluding hydrogens is 216 g/mol. The van der Waals surface area contributed by atoms with Gasteiger partial charge in [0, 0.05) is 17.7 Å². The van der Waals surface area contributed by atoms with Gasteiger partial charge in [-0.05, 0) is 32.7 Å². The molecule has 1 fully saturated rings. The second-order valence-corrected chi connectivity index (χ2v) is 5.07. The van der Waals surface area contributed by atoms with E-state index in [1.165, 1.54) is 12.8 Å². The van der Waals surface area contributed by atoms with Gasteiger partial charge in [0.2, 0.25) is 0 Å². The third-order valence-electron chi connectivity index (χ3n) is 4.07. The molecule has 0 aromatic heterocycles. The average Bonchev–Trinajstić information content (AvgIpc) is 2.64. The molecule has 4 heteroatoms. The summed E-state index contributed by atoms with van der Waals surface area (Å²) >= 11 is 0. The van der Waals surface area contributed by atoms with Gasteiger partial charge in [0.25, 0.3) is 0 Å². The molecule has 0 aromatic rings. The Morgan fingerprint density at radius 3 is 2.94 bits per heavy atom. The molecule has 1 aliphatic carbocycles. The van der Waals surface area contributed by atoms with Crippen LogP contribution < -0.4 is 5.32 Å². The number of aliphatic imine (C=N–C) groups is 1. The van der Waals surface area contributed by atoms with Gasteiger partial charge in [0.05, 0.1) is 19.1 Å². The van der Waals surface area contributed by atoms with Crippen LogP contribution in [0.1, 0.15) is 33.1 Å². The number of methoxy groups -OCH3 is 1. The Labute approximate surface area is 103 Å². The SMILES string of the molecule is CCN[C@@H]1C(C)=N[C@H]2C[C@@H](C(=O)OC)CC[C@H]21. The lowest BCUT2D eigenvalue weighted by atomic mass is 9.76. The maximum Gasteiger partial charge on any atom is 0.308 e. The van der Waals surface area contributed by atoms with Crippen molar-refractivity contribution in [1.82, 2.24) is 5.32 Å². The Kier molecular flexibility index (Phi) is 3.82. The normalized spacial score (nSPS) is 36.3. The second-order valence-electron chi connectivity index (χ2n) is 5.07. The Bertz CT molecular complexity index is 327. The first-order valence-corrected chi connectivity index (χ1v) is 6.52. The third kappa shape index (κ3) is 2.37. The molecule has 4 atom stereocenters. The predicted octanol–water partition coefficient (Wildman–Crippen LogP) is 1.40. The van der Waals surface area contributed by atoms with Crippen LogP contribution in [0.15, 0.2) is 4.99 Å².